The van der Waals surface area contributed by atoms with Gasteiger partial charge in [0.2, 0.25) is 0 Å². The third-order valence-corrected chi connectivity index (χ3v) is 12.6. The van der Waals surface area contributed by atoms with E-state index in [2.05, 4.69) is 13.8 Å². The zero-order valence-electron chi connectivity index (χ0n) is 32.1. The summed E-state index contributed by atoms with van der Waals surface area (Å²) >= 11 is 11.8. The molecule has 3 unspecified atom stereocenters. The fraction of sp³-hybridized carbons (Fsp3) is 0.400. The predicted octanol–water partition coefficient (Wildman–Crippen LogP) is 10.3. The largest absolute Gasteiger partial charge is 0.478 e. The zero-order chi connectivity index (χ0) is 41.1. The number of aliphatic hydroxyl groups is 1. The van der Waals surface area contributed by atoms with E-state index in [1.807, 2.05) is 6.07 Å². The van der Waals surface area contributed by atoms with E-state index in [9.17, 15) is 24.6 Å². The number of aromatic carboxylic acids is 1. The van der Waals surface area contributed by atoms with Crippen molar-refractivity contribution in [2.24, 2.45) is 11.8 Å². The number of hydrogen-bond acceptors (Lipinski definition) is 7. The van der Waals surface area contributed by atoms with Gasteiger partial charge in [-0.2, -0.15) is 0 Å². The maximum Gasteiger partial charge on any atom is 0.339 e. The summed E-state index contributed by atoms with van der Waals surface area (Å²) in [6.07, 6.45) is 3.47. The Morgan fingerprint density at radius 2 is 1.32 bits per heavy atom. The van der Waals surface area contributed by atoms with E-state index >= 15 is 8.78 Å². The maximum atomic E-state index is 15.3. The average Bonchev–Trinajstić information content (AvgIpc) is 3.57. The van der Waals surface area contributed by atoms with E-state index in [4.69, 9.17) is 37.4 Å². The van der Waals surface area contributed by atoms with Crippen molar-refractivity contribution in [3.05, 3.63) is 139 Å². The number of benzene rings is 4. The number of cyclic esters (lactones) is 1. The molecule has 2 N–H and O–H groups in total. The first-order chi connectivity index (χ1) is 27.2. The van der Waals surface area contributed by atoms with E-state index < -0.39 is 46.4 Å². The summed E-state index contributed by atoms with van der Waals surface area (Å²) in [7, 11) is 0. The first-order valence-electron chi connectivity index (χ1n) is 19.3. The molecule has 4 aromatic rings. The van der Waals surface area contributed by atoms with Crippen molar-refractivity contribution >= 4 is 40.9 Å². The van der Waals surface area contributed by atoms with Crippen LogP contribution < -0.4 is 0 Å². The van der Waals surface area contributed by atoms with Crippen molar-refractivity contribution in [2.75, 3.05) is 26.4 Å². The molecule has 0 spiro atoms. The van der Waals surface area contributed by atoms with Gasteiger partial charge < -0.3 is 24.4 Å². The van der Waals surface area contributed by atoms with Crippen molar-refractivity contribution in [1.29, 1.82) is 0 Å². The molecular weight excluding hydrogens is 777 g/mol. The Labute approximate surface area is 341 Å². The van der Waals surface area contributed by atoms with E-state index in [0.29, 0.717) is 58.7 Å². The number of carbonyl (C=O) groups is 3. The maximum absolute atomic E-state index is 15.3. The topological polar surface area (TPSA) is 119 Å². The normalized spacial score (nSPS) is 19.4. The van der Waals surface area contributed by atoms with Gasteiger partial charge in [0.1, 0.15) is 11.6 Å². The molecule has 0 saturated carbocycles. The van der Waals surface area contributed by atoms with Crippen LogP contribution >= 0.6 is 23.2 Å². The number of ether oxygens (including phenoxy) is 3. The van der Waals surface area contributed by atoms with Gasteiger partial charge in [-0.25, -0.2) is 18.4 Å². The first-order valence-corrected chi connectivity index (χ1v) is 20.0. The zero-order valence-corrected chi connectivity index (χ0v) is 33.6. The fourth-order valence-electron chi connectivity index (χ4n) is 8.45. The molecule has 7 rings (SSSR count). The van der Waals surface area contributed by atoms with Gasteiger partial charge in [-0.15, -0.1) is 0 Å². The lowest BCUT2D eigenvalue weighted by Crippen LogP contribution is -2.38. The van der Waals surface area contributed by atoms with Gasteiger partial charge in [-0.05, 0) is 133 Å². The molecule has 0 bridgehead atoms. The standard InChI is InChI=1S/C23H24ClFO3.C22H22ClFO5/c1-3-23(2,15-8-10-27-11-9-15)16-12-18-20(19(25)13-16)21(28-22(18)26)14-4-6-17(24)7-5-14;1-2-22(28,14-7-9-29-10-8-14)15-11-17(21(26)27)19(18(24)12-15)20(25)13-3-5-16(23)6-4-13/h4-7,12-13,15,21H,3,8-11H2,1-2H3;3-6,11-12,14,28H,2,7-10H2,1H3,(H,26,27). The van der Waals surface area contributed by atoms with Crippen LogP contribution in [0.2, 0.25) is 10.0 Å². The number of fused-ring (bicyclic) bond motifs is 1. The lowest BCUT2D eigenvalue weighted by molar-refractivity contribution is -0.0732. The van der Waals surface area contributed by atoms with Crippen molar-refractivity contribution in [3.63, 3.8) is 0 Å². The summed E-state index contributed by atoms with van der Waals surface area (Å²) in [5, 5.41) is 22.0. The van der Waals surface area contributed by atoms with Crippen LogP contribution in [0, 0.1) is 23.5 Å². The van der Waals surface area contributed by atoms with Crippen LogP contribution in [0.5, 0.6) is 0 Å². The molecule has 3 heterocycles. The third kappa shape index (κ3) is 8.66. The lowest BCUT2D eigenvalue weighted by atomic mass is 9.66. The van der Waals surface area contributed by atoms with Crippen LogP contribution in [0.25, 0.3) is 0 Å². The number of carboxylic acid groups (broad SMARTS) is 1. The molecule has 2 saturated heterocycles. The van der Waals surface area contributed by atoms with Crippen molar-refractivity contribution in [1.82, 2.24) is 0 Å². The minimum atomic E-state index is -1.44. The molecule has 2 fully saturated rings. The van der Waals surface area contributed by atoms with Crippen LogP contribution in [0.15, 0.2) is 72.8 Å². The molecule has 3 aliphatic heterocycles. The van der Waals surface area contributed by atoms with Crippen molar-refractivity contribution in [3.8, 4) is 0 Å². The number of rotatable bonds is 10. The SMILES string of the molecule is CCC(C)(c1cc(F)c2c(c1)C(=O)OC2c1ccc(Cl)cc1)C1CCOCC1.CCC(O)(c1cc(F)c(C(=O)c2ccc(Cl)cc2)c(C(=O)O)c1)C1CCOCC1. The van der Waals surface area contributed by atoms with Gasteiger partial charge in [0, 0.05) is 47.6 Å². The first kappa shape index (κ1) is 42.4. The van der Waals surface area contributed by atoms with E-state index in [1.165, 1.54) is 30.3 Å². The molecule has 8 nitrogen and oxygen atoms in total. The van der Waals surface area contributed by atoms with Crippen LogP contribution in [0.3, 0.4) is 0 Å². The Kier molecular flexibility index (Phi) is 13.2. The second kappa shape index (κ2) is 17.7. The summed E-state index contributed by atoms with van der Waals surface area (Å²) in [6, 6.07) is 18.5. The number of ketones is 1. The predicted molar refractivity (Wildman–Crippen MR) is 212 cm³/mol. The fourth-order valence-corrected chi connectivity index (χ4v) is 8.71. The minimum absolute atomic E-state index is 0.124. The summed E-state index contributed by atoms with van der Waals surface area (Å²) in [5.41, 5.74) is -0.100. The summed E-state index contributed by atoms with van der Waals surface area (Å²) in [6.45, 7) is 8.47. The molecule has 12 heteroatoms. The smallest absolute Gasteiger partial charge is 0.339 e. The Balaban J connectivity index is 0.000000193. The molecule has 0 radical (unpaired) electrons. The number of halogens is 4. The van der Waals surface area contributed by atoms with Crippen LogP contribution in [-0.4, -0.2) is 54.4 Å². The van der Waals surface area contributed by atoms with E-state index in [1.54, 1.807) is 37.3 Å². The second-order valence-electron chi connectivity index (χ2n) is 15.1. The molecule has 302 valence electrons. The highest BCUT2D eigenvalue weighted by Crippen LogP contribution is 2.45. The lowest BCUT2D eigenvalue weighted by Gasteiger charge is -2.40. The second-order valence-corrected chi connectivity index (χ2v) is 16.0. The highest BCUT2D eigenvalue weighted by atomic mass is 35.5. The molecular formula is C45H46Cl2F2O8. The van der Waals surface area contributed by atoms with Gasteiger partial charge >= 0.3 is 11.9 Å². The van der Waals surface area contributed by atoms with Crippen molar-refractivity contribution < 1.29 is 47.6 Å². The van der Waals surface area contributed by atoms with Gasteiger partial charge in [-0.1, -0.05) is 56.1 Å². The number of carboxylic acids is 1. The van der Waals surface area contributed by atoms with E-state index in [-0.39, 0.29) is 34.7 Å². The van der Waals surface area contributed by atoms with Crippen LogP contribution in [0.1, 0.15) is 124 Å². The number of hydrogen-bond donors (Lipinski definition) is 2. The van der Waals surface area contributed by atoms with Crippen LogP contribution in [0.4, 0.5) is 8.78 Å². The Hall–Kier alpha value is -4.19. The van der Waals surface area contributed by atoms with Gasteiger partial charge in [0.05, 0.1) is 22.3 Å². The molecule has 3 atom stereocenters. The van der Waals surface area contributed by atoms with Gasteiger partial charge in [0.25, 0.3) is 0 Å². The Morgan fingerprint density at radius 1 is 0.772 bits per heavy atom. The minimum Gasteiger partial charge on any atom is -0.478 e. The quantitative estimate of drug-likeness (QED) is 0.120. The van der Waals surface area contributed by atoms with Gasteiger partial charge in [-0.3, -0.25) is 4.79 Å². The monoisotopic (exact) mass is 822 g/mol. The highest BCUT2D eigenvalue weighted by molar-refractivity contribution is 6.31. The molecule has 0 amide bonds. The molecule has 0 aliphatic carbocycles. The molecule has 3 aliphatic rings. The summed E-state index contributed by atoms with van der Waals surface area (Å²) in [5.74, 6) is -3.82. The van der Waals surface area contributed by atoms with Gasteiger partial charge in [0.15, 0.2) is 11.9 Å². The third-order valence-electron chi connectivity index (χ3n) is 12.1. The molecule has 4 aromatic carbocycles. The number of esters is 1. The van der Waals surface area contributed by atoms with Crippen molar-refractivity contribution in [2.45, 2.75) is 76.4 Å². The molecule has 0 aromatic heterocycles. The summed E-state index contributed by atoms with van der Waals surface area (Å²) in [4.78, 5) is 37.3. The average molecular weight is 824 g/mol. The number of carbonyl (C=O) groups excluding carboxylic acids is 2. The summed E-state index contributed by atoms with van der Waals surface area (Å²) < 4.78 is 46.7. The Morgan fingerprint density at radius 3 is 1.86 bits per heavy atom. The Bertz CT molecular complexity index is 2110. The van der Waals surface area contributed by atoms with Crippen LogP contribution in [-0.2, 0) is 25.2 Å². The van der Waals surface area contributed by atoms with E-state index in [0.717, 1.165) is 44.1 Å². The highest BCUT2D eigenvalue weighted by Gasteiger charge is 2.42. The molecule has 57 heavy (non-hydrogen) atoms.